The van der Waals surface area contributed by atoms with Gasteiger partial charge in [-0.3, -0.25) is 9.89 Å². The highest BCUT2D eigenvalue weighted by Gasteiger charge is 2.16. The molecule has 2 aromatic carbocycles. The molecular weight excluding hydrogens is 294 g/mol. The lowest BCUT2D eigenvalue weighted by Crippen LogP contribution is -2.02. The first-order chi connectivity index (χ1) is 10.8. The van der Waals surface area contributed by atoms with Crippen LogP contribution in [-0.2, 0) is 0 Å². The van der Waals surface area contributed by atoms with Gasteiger partial charge in [0.2, 0.25) is 5.78 Å². The number of carbonyl (C=O) groups excluding carboxylic acids is 1. The molecule has 0 atom stereocenters. The van der Waals surface area contributed by atoms with Crippen molar-refractivity contribution in [3.63, 3.8) is 0 Å². The molecule has 0 bridgehead atoms. The van der Waals surface area contributed by atoms with Gasteiger partial charge in [0.1, 0.15) is 10.7 Å². The first-order valence-electron chi connectivity index (χ1n) is 6.81. The Balaban J connectivity index is 1.78. The van der Waals surface area contributed by atoms with Crippen molar-refractivity contribution in [1.82, 2.24) is 15.2 Å². The number of rotatable bonds is 3. The van der Waals surface area contributed by atoms with Gasteiger partial charge in [-0.2, -0.15) is 5.10 Å². The van der Waals surface area contributed by atoms with Gasteiger partial charge >= 0.3 is 0 Å². The van der Waals surface area contributed by atoms with Crippen molar-refractivity contribution in [2.75, 3.05) is 0 Å². The summed E-state index contributed by atoms with van der Waals surface area (Å²) in [6.45, 7) is 0. The maximum absolute atomic E-state index is 12.8. The van der Waals surface area contributed by atoms with Crippen LogP contribution in [0, 0.1) is 0 Å². The second-order valence-corrected chi connectivity index (χ2v) is 5.72. The van der Waals surface area contributed by atoms with Crippen LogP contribution in [0.5, 0.6) is 0 Å². The number of fused-ring (bicyclic) bond motifs is 1. The average molecular weight is 305 g/mol. The van der Waals surface area contributed by atoms with Gasteiger partial charge < -0.3 is 0 Å². The monoisotopic (exact) mass is 305 g/mol. The summed E-state index contributed by atoms with van der Waals surface area (Å²) < 4.78 is 0. The van der Waals surface area contributed by atoms with Crippen molar-refractivity contribution in [3.8, 4) is 10.7 Å². The van der Waals surface area contributed by atoms with Crippen molar-refractivity contribution in [2.24, 2.45) is 0 Å². The van der Waals surface area contributed by atoms with Crippen molar-refractivity contribution in [2.45, 2.75) is 0 Å². The third-order valence-corrected chi connectivity index (χ3v) is 4.38. The molecule has 4 rings (SSSR count). The zero-order valence-electron chi connectivity index (χ0n) is 11.5. The molecule has 1 N–H and O–H groups in total. The highest BCUT2D eigenvalue weighted by Crippen LogP contribution is 2.25. The number of aromatic amines is 1. The van der Waals surface area contributed by atoms with Crippen LogP contribution in [0.2, 0.25) is 0 Å². The fourth-order valence-electron chi connectivity index (χ4n) is 2.44. The molecule has 2 aromatic heterocycles. The average Bonchev–Trinajstić information content (AvgIpc) is 3.24. The highest BCUT2D eigenvalue weighted by atomic mass is 32.1. The minimum absolute atomic E-state index is 0.0567. The largest absolute Gasteiger partial charge is 0.287 e. The second-order valence-electron chi connectivity index (χ2n) is 4.86. The zero-order chi connectivity index (χ0) is 14.9. The van der Waals surface area contributed by atoms with E-state index >= 15 is 0 Å². The van der Waals surface area contributed by atoms with E-state index < -0.39 is 0 Å². The molecular formula is C17H11N3OS. The van der Waals surface area contributed by atoms with Crippen LogP contribution in [0.3, 0.4) is 0 Å². The summed E-state index contributed by atoms with van der Waals surface area (Å²) in [5, 5.41) is 11.3. The van der Waals surface area contributed by atoms with Gasteiger partial charge in [-0.25, -0.2) is 4.98 Å². The predicted octanol–water partition coefficient (Wildman–Crippen LogP) is 3.92. The molecule has 4 nitrogen and oxygen atoms in total. The minimum atomic E-state index is -0.0567. The lowest BCUT2D eigenvalue weighted by Gasteiger charge is -2.03. The summed E-state index contributed by atoms with van der Waals surface area (Å²) in [6.07, 6.45) is 1.67. The number of hydrogen-bond donors (Lipinski definition) is 1. The first-order valence-corrected chi connectivity index (χ1v) is 7.68. The Labute approximate surface area is 130 Å². The van der Waals surface area contributed by atoms with Crippen LogP contribution >= 0.6 is 11.3 Å². The van der Waals surface area contributed by atoms with E-state index in [1.165, 1.54) is 11.3 Å². The Morgan fingerprint density at radius 3 is 2.77 bits per heavy atom. The molecule has 0 saturated carbocycles. The maximum atomic E-state index is 12.8. The van der Waals surface area contributed by atoms with E-state index in [-0.39, 0.29) is 5.78 Å². The van der Waals surface area contributed by atoms with E-state index in [0.29, 0.717) is 11.3 Å². The van der Waals surface area contributed by atoms with Crippen molar-refractivity contribution in [1.29, 1.82) is 0 Å². The van der Waals surface area contributed by atoms with Crippen LogP contribution in [0.4, 0.5) is 0 Å². The topological polar surface area (TPSA) is 58.6 Å². The van der Waals surface area contributed by atoms with Crippen LogP contribution in [0.1, 0.15) is 16.1 Å². The quantitative estimate of drug-likeness (QED) is 0.584. The second kappa shape index (κ2) is 5.20. The lowest BCUT2D eigenvalue weighted by atomic mass is 10.0. The van der Waals surface area contributed by atoms with Gasteiger partial charge in [-0.05, 0) is 16.8 Å². The molecule has 5 heteroatoms. The Morgan fingerprint density at radius 2 is 1.91 bits per heavy atom. The molecule has 0 radical (unpaired) electrons. The summed E-state index contributed by atoms with van der Waals surface area (Å²) >= 11 is 1.43. The number of benzene rings is 2. The minimum Gasteiger partial charge on any atom is -0.287 e. The third kappa shape index (κ3) is 2.12. The van der Waals surface area contributed by atoms with Crippen LogP contribution in [0.15, 0.2) is 60.1 Å². The molecule has 106 valence electrons. The molecule has 0 aliphatic rings. The Bertz CT molecular complexity index is 952. The molecule has 0 spiro atoms. The van der Waals surface area contributed by atoms with Gasteiger partial charge in [0.05, 0.1) is 5.69 Å². The molecule has 0 saturated heterocycles. The number of nitrogens with one attached hydrogen (secondary N) is 1. The molecule has 4 aromatic rings. The maximum Gasteiger partial charge on any atom is 0.212 e. The van der Waals surface area contributed by atoms with Crippen molar-refractivity contribution >= 4 is 27.9 Å². The van der Waals surface area contributed by atoms with Crippen molar-refractivity contribution in [3.05, 3.63) is 71.4 Å². The fourth-order valence-corrected chi connectivity index (χ4v) is 3.21. The Kier molecular flexibility index (Phi) is 3.05. The van der Waals surface area contributed by atoms with E-state index in [1.54, 1.807) is 11.6 Å². The summed E-state index contributed by atoms with van der Waals surface area (Å²) in [4.78, 5) is 17.2. The summed E-state index contributed by atoms with van der Waals surface area (Å²) in [5.74, 6) is -0.0567. The first kappa shape index (κ1) is 12.9. The van der Waals surface area contributed by atoms with Gasteiger partial charge in [0.25, 0.3) is 0 Å². The molecule has 0 unspecified atom stereocenters. The van der Waals surface area contributed by atoms with Crippen molar-refractivity contribution < 1.29 is 4.79 Å². The van der Waals surface area contributed by atoms with Gasteiger partial charge in [0, 0.05) is 17.1 Å². The Hall–Kier alpha value is -2.79. The summed E-state index contributed by atoms with van der Waals surface area (Å²) in [5.41, 5.74) is 1.97. The number of hydrogen-bond acceptors (Lipinski definition) is 4. The van der Waals surface area contributed by atoms with Gasteiger partial charge in [-0.1, -0.05) is 42.5 Å². The smallest absolute Gasteiger partial charge is 0.212 e. The van der Waals surface area contributed by atoms with E-state index in [9.17, 15) is 4.79 Å². The number of H-pyrrole nitrogens is 1. The highest BCUT2D eigenvalue weighted by molar-refractivity contribution is 7.13. The van der Waals surface area contributed by atoms with E-state index in [1.807, 2.05) is 48.5 Å². The van der Waals surface area contributed by atoms with E-state index in [0.717, 1.165) is 21.5 Å². The molecule has 2 heterocycles. The van der Waals surface area contributed by atoms with Crippen LogP contribution in [-0.4, -0.2) is 21.0 Å². The van der Waals surface area contributed by atoms with E-state index in [4.69, 9.17) is 0 Å². The Morgan fingerprint density at radius 1 is 1.05 bits per heavy atom. The zero-order valence-corrected chi connectivity index (χ0v) is 12.3. The molecule has 22 heavy (non-hydrogen) atoms. The van der Waals surface area contributed by atoms with Gasteiger partial charge in [-0.15, -0.1) is 11.3 Å². The summed E-state index contributed by atoms with van der Waals surface area (Å²) in [6, 6.07) is 15.5. The number of carbonyl (C=O) groups is 1. The third-order valence-electron chi connectivity index (χ3n) is 3.50. The molecule has 0 amide bonds. The van der Waals surface area contributed by atoms with E-state index in [2.05, 4.69) is 15.2 Å². The van der Waals surface area contributed by atoms with Gasteiger partial charge in [0.15, 0.2) is 0 Å². The molecule has 0 fully saturated rings. The normalized spacial score (nSPS) is 10.9. The SMILES string of the molecule is O=C(c1csc(-c2ccn[nH]2)n1)c1cccc2ccccc12. The fraction of sp³-hybridized carbons (Fsp3) is 0. The van der Waals surface area contributed by atoms with Crippen LogP contribution in [0.25, 0.3) is 21.5 Å². The predicted molar refractivity (Wildman–Crippen MR) is 87.1 cm³/mol. The number of aromatic nitrogens is 3. The number of nitrogens with zero attached hydrogens (tertiary/aromatic N) is 2. The van der Waals surface area contributed by atoms with Crippen LogP contribution < -0.4 is 0 Å². The summed E-state index contributed by atoms with van der Waals surface area (Å²) in [7, 11) is 0. The number of thiazole rings is 1. The lowest BCUT2D eigenvalue weighted by molar-refractivity contribution is 0.103. The molecule has 0 aliphatic carbocycles. The standard InChI is InChI=1S/C17H11N3OS/c21-16(13-7-3-5-11-4-1-2-6-12(11)13)15-10-22-17(19-15)14-8-9-18-20-14/h1-10H,(H,18,20). The number of ketones is 1. The molecule has 0 aliphatic heterocycles.